The van der Waals surface area contributed by atoms with Gasteiger partial charge in [0.25, 0.3) is 11.4 Å². The van der Waals surface area contributed by atoms with Gasteiger partial charge in [-0.05, 0) is 43.5 Å². The van der Waals surface area contributed by atoms with Gasteiger partial charge in [0.2, 0.25) is 0 Å². The van der Waals surface area contributed by atoms with Crippen LogP contribution in [0.4, 0.5) is 11.4 Å². The molecule has 0 heterocycles. The van der Waals surface area contributed by atoms with Gasteiger partial charge >= 0.3 is 5.97 Å². The first kappa shape index (κ1) is 21.7. The Bertz CT molecular complexity index is 1060. The van der Waals surface area contributed by atoms with E-state index in [9.17, 15) is 25.0 Å². The van der Waals surface area contributed by atoms with Crippen molar-refractivity contribution in [2.45, 2.75) is 31.6 Å². The Balaban J connectivity index is 1.90. The Kier molecular flexibility index (Phi) is 6.63. The molecule has 156 valence electrons. The summed E-state index contributed by atoms with van der Waals surface area (Å²) in [6.45, 7) is 0. The number of oxime groups is 1. The Hall–Kier alpha value is -3.04. The lowest BCUT2D eigenvalue weighted by molar-refractivity contribution is -0.394. The predicted octanol–water partition coefficient (Wildman–Crippen LogP) is 5.68. The van der Waals surface area contributed by atoms with E-state index < -0.39 is 21.7 Å². The second-order valence-corrected chi connectivity index (χ2v) is 7.48. The maximum atomic E-state index is 12.3. The highest BCUT2D eigenvalue weighted by molar-refractivity contribution is 6.36. The van der Waals surface area contributed by atoms with Crippen LogP contribution in [0.5, 0.6) is 0 Å². The fraction of sp³-hybridized carbons (Fsp3) is 0.263. The average Bonchev–Trinajstić information content (AvgIpc) is 2.71. The lowest BCUT2D eigenvalue weighted by atomic mass is 9.81. The van der Waals surface area contributed by atoms with Gasteiger partial charge in [-0.3, -0.25) is 20.2 Å². The maximum Gasteiger partial charge on any atom is 0.367 e. The molecular formula is C19H15Cl2N3O6. The highest BCUT2D eigenvalue weighted by Crippen LogP contribution is 2.37. The van der Waals surface area contributed by atoms with Crippen molar-refractivity contribution < 1.29 is 19.5 Å². The van der Waals surface area contributed by atoms with Crippen molar-refractivity contribution in [3.8, 4) is 0 Å². The van der Waals surface area contributed by atoms with Crippen molar-refractivity contribution >= 4 is 46.3 Å². The minimum absolute atomic E-state index is 0.0825. The Morgan fingerprint density at radius 1 is 1.07 bits per heavy atom. The number of hydrogen-bond donors (Lipinski definition) is 0. The molecule has 0 N–H and O–H groups in total. The number of halogens is 2. The quantitative estimate of drug-likeness (QED) is 0.326. The molecule has 0 radical (unpaired) electrons. The third kappa shape index (κ3) is 4.74. The van der Waals surface area contributed by atoms with Crippen LogP contribution >= 0.6 is 23.2 Å². The molecule has 1 atom stereocenters. The predicted molar refractivity (Wildman–Crippen MR) is 110 cm³/mol. The van der Waals surface area contributed by atoms with E-state index in [1.165, 1.54) is 30.3 Å². The molecule has 0 spiro atoms. The fourth-order valence-corrected chi connectivity index (χ4v) is 3.83. The molecule has 1 unspecified atom stereocenters. The van der Waals surface area contributed by atoms with E-state index >= 15 is 0 Å². The van der Waals surface area contributed by atoms with Gasteiger partial charge in [-0.2, -0.15) is 0 Å². The maximum absolute atomic E-state index is 12.3. The molecule has 0 amide bonds. The summed E-state index contributed by atoms with van der Waals surface area (Å²) in [6, 6.07) is 7.80. The van der Waals surface area contributed by atoms with E-state index in [1.54, 1.807) is 0 Å². The topological polar surface area (TPSA) is 125 Å². The normalized spacial score (nSPS) is 17.5. The summed E-state index contributed by atoms with van der Waals surface area (Å²) in [5, 5.41) is 26.9. The molecule has 0 aromatic heterocycles. The Labute approximate surface area is 180 Å². The van der Waals surface area contributed by atoms with Crippen LogP contribution in [0.2, 0.25) is 10.0 Å². The number of nitro benzene ring substituents is 2. The highest BCUT2D eigenvalue weighted by atomic mass is 35.5. The summed E-state index contributed by atoms with van der Waals surface area (Å²) < 4.78 is 0. The van der Waals surface area contributed by atoms with Crippen LogP contribution in [0.15, 0.2) is 41.6 Å². The van der Waals surface area contributed by atoms with E-state index in [-0.39, 0.29) is 22.0 Å². The van der Waals surface area contributed by atoms with E-state index in [1.807, 2.05) is 0 Å². The zero-order valence-electron chi connectivity index (χ0n) is 15.4. The molecule has 2 aromatic rings. The van der Waals surface area contributed by atoms with Crippen LogP contribution in [0.1, 0.15) is 47.5 Å². The molecule has 30 heavy (non-hydrogen) atoms. The molecule has 0 saturated heterocycles. The van der Waals surface area contributed by atoms with Gasteiger partial charge in [-0.1, -0.05) is 34.8 Å². The monoisotopic (exact) mass is 451 g/mol. The van der Waals surface area contributed by atoms with Gasteiger partial charge < -0.3 is 4.84 Å². The van der Waals surface area contributed by atoms with Crippen molar-refractivity contribution in [2.75, 3.05) is 0 Å². The van der Waals surface area contributed by atoms with Gasteiger partial charge in [0.05, 0.1) is 32.2 Å². The summed E-state index contributed by atoms with van der Waals surface area (Å²) in [6.07, 6.45) is 2.57. The van der Waals surface area contributed by atoms with Crippen molar-refractivity contribution in [1.29, 1.82) is 0 Å². The number of nitro groups is 2. The van der Waals surface area contributed by atoms with Crippen molar-refractivity contribution in [3.63, 3.8) is 0 Å². The molecule has 1 aliphatic rings. The van der Waals surface area contributed by atoms with E-state index in [2.05, 4.69) is 5.16 Å². The molecular weight excluding hydrogens is 437 g/mol. The van der Waals surface area contributed by atoms with Gasteiger partial charge in [0, 0.05) is 22.6 Å². The Morgan fingerprint density at radius 2 is 1.83 bits per heavy atom. The molecule has 11 heteroatoms. The zero-order valence-corrected chi connectivity index (χ0v) is 16.9. The van der Waals surface area contributed by atoms with Gasteiger partial charge in [-0.15, -0.1) is 0 Å². The van der Waals surface area contributed by atoms with Crippen LogP contribution < -0.4 is 0 Å². The summed E-state index contributed by atoms with van der Waals surface area (Å²) in [5.41, 5.74) is 0.0970. The average molecular weight is 452 g/mol. The number of benzene rings is 2. The molecule has 1 saturated carbocycles. The highest BCUT2D eigenvalue weighted by Gasteiger charge is 2.31. The largest absolute Gasteiger partial charge is 0.367 e. The second-order valence-electron chi connectivity index (χ2n) is 6.64. The van der Waals surface area contributed by atoms with Crippen LogP contribution in [0.25, 0.3) is 0 Å². The molecule has 2 aromatic carbocycles. The smallest absolute Gasteiger partial charge is 0.313 e. The van der Waals surface area contributed by atoms with Gasteiger partial charge in [0.1, 0.15) is 0 Å². The van der Waals surface area contributed by atoms with E-state index in [0.717, 1.165) is 18.9 Å². The van der Waals surface area contributed by atoms with E-state index in [0.29, 0.717) is 29.1 Å². The van der Waals surface area contributed by atoms with E-state index in [4.69, 9.17) is 28.0 Å². The fourth-order valence-electron chi connectivity index (χ4n) is 3.34. The summed E-state index contributed by atoms with van der Waals surface area (Å²) in [5.74, 6) is -1.28. The molecule has 3 rings (SSSR count). The molecule has 9 nitrogen and oxygen atoms in total. The first-order valence-electron chi connectivity index (χ1n) is 8.94. The SMILES string of the molecule is O=C(ON=C1CCCCC1c1ccc([N+](=O)[O-])cc1[N+](=O)[O-])c1ccc(Cl)cc1Cl. The number of rotatable bonds is 5. The summed E-state index contributed by atoms with van der Waals surface area (Å²) in [7, 11) is 0. The van der Waals surface area contributed by atoms with Crippen molar-refractivity contribution in [3.05, 3.63) is 77.8 Å². The lowest BCUT2D eigenvalue weighted by Crippen LogP contribution is -2.20. The molecule has 1 fully saturated rings. The number of hydrogen-bond acceptors (Lipinski definition) is 7. The third-order valence-corrected chi connectivity index (χ3v) is 5.32. The lowest BCUT2D eigenvalue weighted by Gasteiger charge is -2.23. The number of non-ortho nitro benzene ring substituents is 1. The first-order chi connectivity index (χ1) is 14.3. The minimum Gasteiger partial charge on any atom is -0.313 e. The summed E-state index contributed by atoms with van der Waals surface area (Å²) in [4.78, 5) is 38.5. The standard InChI is InChI=1S/C19H15Cl2N3O6/c20-11-5-7-15(16(21)9-11)19(25)30-22-17-4-2-1-3-13(17)14-8-6-12(23(26)27)10-18(14)24(28)29/h5-10,13H,1-4H2. The minimum atomic E-state index is -0.785. The third-order valence-electron chi connectivity index (χ3n) is 4.77. The first-order valence-corrected chi connectivity index (χ1v) is 9.69. The molecule has 0 bridgehead atoms. The van der Waals surface area contributed by atoms with Gasteiger partial charge in [0.15, 0.2) is 0 Å². The van der Waals surface area contributed by atoms with Crippen molar-refractivity contribution in [2.24, 2.45) is 5.16 Å². The number of nitrogens with zero attached hydrogens (tertiary/aromatic N) is 3. The molecule has 0 aliphatic heterocycles. The number of carbonyl (C=O) groups is 1. The van der Waals surface area contributed by atoms with Crippen LogP contribution in [0, 0.1) is 20.2 Å². The molecule has 1 aliphatic carbocycles. The van der Waals surface area contributed by atoms with Crippen LogP contribution in [0.3, 0.4) is 0 Å². The zero-order chi connectivity index (χ0) is 21.8. The number of carbonyl (C=O) groups excluding carboxylic acids is 1. The summed E-state index contributed by atoms with van der Waals surface area (Å²) >= 11 is 11.8. The Morgan fingerprint density at radius 3 is 2.50 bits per heavy atom. The van der Waals surface area contributed by atoms with Crippen LogP contribution in [-0.2, 0) is 4.84 Å². The van der Waals surface area contributed by atoms with Crippen molar-refractivity contribution in [1.82, 2.24) is 0 Å². The van der Waals surface area contributed by atoms with Crippen LogP contribution in [-0.4, -0.2) is 21.5 Å². The van der Waals surface area contributed by atoms with Gasteiger partial charge in [-0.25, -0.2) is 4.79 Å². The second kappa shape index (κ2) is 9.19.